The summed E-state index contributed by atoms with van der Waals surface area (Å²) in [7, 11) is 0. The molecule has 7 nitrogen and oxygen atoms in total. The van der Waals surface area contributed by atoms with Gasteiger partial charge in [-0.05, 0) is 12.8 Å². The highest BCUT2D eigenvalue weighted by Crippen LogP contribution is 2.38. The Balaban J connectivity index is 1.88. The first-order chi connectivity index (χ1) is 8.59. The quantitative estimate of drug-likeness (QED) is 0.508. The van der Waals surface area contributed by atoms with Crippen molar-refractivity contribution >= 4 is 23.8 Å². The molecule has 2 saturated heterocycles. The fraction of sp³-hybridized carbons (Fsp3) is 0.636. The van der Waals surface area contributed by atoms with Crippen molar-refractivity contribution < 1.29 is 19.2 Å². The van der Waals surface area contributed by atoms with Crippen LogP contribution in [0, 0.1) is 11.8 Å². The van der Waals surface area contributed by atoms with Gasteiger partial charge in [0, 0.05) is 0 Å². The highest BCUT2D eigenvalue weighted by molar-refractivity contribution is 6.09. The van der Waals surface area contributed by atoms with Gasteiger partial charge in [0.15, 0.2) is 0 Å². The van der Waals surface area contributed by atoms with Crippen molar-refractivity contribution in [3.05, 3.63) is 0 Å². The van der Waals surface area contributed by atoms with Gasteiger partial charge in [-0.1, -0.05) is 12.8 Å². The summed E-state index contributed by atoms with van der Waals surface area (Å²) >= 11 is 0. The average Bonchev–Trinajstić information content (AvgIpc) is 2.79. The maximum Gasteiger partial charge on any atom is 0.343 e. The summed E-state index contributed by atoms with van der Waals surface area (Å²) < 4.78 is 0. The average molecular weight is 251 g/mol. The Morgan fingerprint density at radius 1 is 0.944 bits per heavy atom. The molecule has 0 unspecified atom stereocenters. The smallest absolute Gasteiger partial charge is 0.275 e. The number of amides is 5. The van der Waals surface area contributed by atoms with Crippen molar-refractivity contribution in [2.24, 2.45) is 11.8 Å². The summed E-state index contributed by atoms with van der Waals surface area (Å²) in [6, 6.07) is -0.694. The van der Waals surface area contributed by atoms with Crippen LogP contribution in [-0.2, 0) is 14.4 Å². The van der Waals surface area contributed by atoms with Gasteiger partial charge in [-0.25, -0.2) is 9.80 Å². The van der Waals surface area contributed by atoms with Crippen LogP contribution in [0.1, 0.15) is 25.7 Å². The molecule has 2 atom stereocenters. The number of hydrogen-bond acceptors (Lipinski definition) is 4. The van der Waals surface area contributed by atoms with Crippen LogP contribution in [0.15, 0.2) is 0 Å². The molecule has 3 rings (SSSR count). The zero-order chi connectivity index (χ0) is 12.9. The van der Waals surface area contributed by atoms with Gasteiger partial charge in [-0.2, -0.15) is 5.01 Å². The van der Waals surface area contributed by atoms with Crippen LogP contribution in [0.25, 0.3) is 0 Å². The summed E-state index contributed by atoms with van der Waals surface area (Å²) in [5.41, 5.74) is 0. The van der Waals surface area contributed by atoms with Gasteiger partial charge in [0.25, 0.3) is 11.8 Å². The molecule has 7 heteroatoms. The number of hydrazine groups is 1. The number of rotatable bonds is 1. The van der Waals surface area contributed by atoms with E-state index in [4.69, 9.17) is 0 Å². The maximum atomic E-state index is 12.2. The monoisotopic (exact) mass is 251 g/mol. The summed E-state index contributed by atoms with van der Waals surface area (Å²) in [6.07, 6.45) is 3.24. The lowest BCUT2D eigenvalue weighted by atomic mass is 9.81. The lowest BCUT2D eigenvalue weighted by Crippen LogP contribution is -2.48. The molecular weight excluding hydrogens is 238 g/mol. The maximum absolute atomic E-state index is 12.2. The summed E-state index contributed by atoms with van der Waals surface area (Å²) in [5, 5.41) is 3.87. The molecule has 1 aliphatic carbocycles. The van der Waals surface area contributed by atoms with Crippen LogP contribution in [0.3, 0.4) is 0 Å². The number of hydrogen-bond donors (Lipinski definition) is 1. The van der Waals surface area contributed by atoms with E-state index in [-0.39, 0.29) is 30.2 Å². The zero-order valence-corrected chi connectivity index (χ0v) is 9.72. The Kier molecular flexibility index (Phi) is 2.36. The summed E-state index contributed by atoms with van der Waals surface area (Å²) in [4.78, 5) is 47.0. The predicted molar refractivity (Wildman–Crippen MR) is 57.5 cm³/mol. The fourth-order valence-corrected chi connectivity index (χ4v) is 2.98. The molecule has 1 saturated carbocycles. The minimum absolute atomic E-state index is 0.254. The second-order valence-corrected chi connectivity index (χ2v) is 4.90. The standard InChI is InChI=1S/C11H13N3O4/c15-8-5-13(11(18)12-8)14-9(16)6-3-1-2-4-7(6)10(14)17/h6-7H,1-5H2,(H,12,15,18)/t6-,7+. The van der Waals surface area contributed by atoms with Crippen molar-refractivity contribution in [3.8, 4) is 0 Å². The third-order valence-corrected chi connectivity index (χ3v) is 3.83. The van der Waals surface area contributed by atoms with E-state index in [1.165, 1.54) is 0 Å². The highest BCUT2D eigenvalue weighted by Gasteiger charge is 2.52. The molecule has 18 heavy (non-hydrogen) atoms. The fourth-order valence-electron chi connectivity index (χ4n) is 2.98. The van der Waals surface area contributed by atoms with Gasteiger partial charge in [0.2, 0.25) is 5.91 Å². The lowest BCUT2D eigenvalue weighted by molar-refractivity contribution is -0.153. The molecule has 1 N–H and O–H groups in total. The number of urea groups is 1. The normalized spacial score (nSPS) is 32.0. The summed E-state index contributed by atoms with van der Waals surface area (Å²) in [5.74, 6) is -1.79. The van der Waals surface area contributed by atoms with Crippen molar-refractivity contribution in [2.45, 2.75) is 25.7 Å². The molecule has 5 amide bonds. The number of carbonyl (C=O) groups is 4. The molecule has 0 aromatic rings. The van der Waals surface area contributed by atoms with E-state index in [2.05, 4.69) is 5.32 Å². The molecule has 2 heterocycles. The van der Waals surface area contributed by atoms with E-state index in [1.54, 1.807) is 0 Å². The molecule has 3 aliphatic rings. The number of imide groups is 2. The van der Waals surface area contributed by atoms with Gasteiger partial charge in [-0.15, -0.1) is 0 Å². The summed E-state index contributed by atoms with van der Waals surface area (Å²) in [6.45, 7) is -0.254. The van der Waals surface area contributed by atoms with E-state index < -0.39 is 11.9 Å². The van der Waals surface area contributed by atoms with Crippen molar-refractivity contribution in [1.82, 2.24) is 15.3 Å². The molecule has 3 fully saturated rings. The molecular formula is C11H13N3O4. The SMILES string of the molecule is O=C1CN(N2C(=O)[C@H]3CCCC[C@H]3C2=O)C(=O)N1. The molecule has 0 aromatic heterocycles. The number of fused-ring (bicyclic) bond motifs is 1. The van der Waals surface area contributed by atoms with Crippen LogP contribution < -0.4 is 5.32 Å². The second-order valence-electron chi connectivity index (χ2n) is 4.90. The van der Waals surface area contributed by atoms with Crippen LogP contribution in [-0.4, -0.2) is 40.3 Å². The molecule has 0 aromatic carbocycles. The van der Waals surface area contributed by atoms with E-state index in [0.717, 1.165) is 22.9 Å². The van der Waals surface area contributed by atoms with Gasteiger partial charge in [-0.3, -0.25) is 19.7 Å². The van der Waals surface area contributed by atoms with E-state index in [9.17, 15) is 19.2 Å². The number of nitrogens with zero attached hydrogens (tertiary/aromatic N) is 2. The predicted octanol–water partition coefficient (Wildman–Crippen LogP) is -0.372. The van der Waals surface area contributed by atoms with Crippen molar-refractivity contribution in [3.63, 3.8) is 0 Å². The largest absolute Gasteiger partial charge is 0.343 e. The minimum atomic E-state index is -0.694. The topological polar surface area (TPSA) is 86.8 Å². The van der Waals surface area contributed by atoms with E-state index in [0.29, 0.717) is 12.8 Å². The number of carbonyl (C=O) groups excluding carboxylic acids is 4. The third-order valence-electron chi connectivity index (χ3n) is 3.83. The molecule has 0 spiro atoms. The second kappa shape index (κ2) is 3.79. The van der Waals surface area contributed by atoms with Crippen molar-refractivity contribution in [1.29, 1.82) is 0 Å². The zero-order valence-electron chi connectivity index (χ0n) is 9.72. The Hall–Kier alpha value is -1.92. The Morgan fingerprint density at radius 2 is 1.50 bits per heavy atom. The van der Waals surface area contributed by atoms with Crippen LogP contribution in [0.4, 0.5) is 4.79 Å². The van der Waals surface area contributed by atoms with E-state index in [1.807, 2.05) is 0 Å². The van der Waals surface area contributed by atoms with E-state index >= 15 is 0 Å². The molecule has 0 bridgehead atoms. The van der Waals surface area contributed by atoms with Crippen LogP contribution in [0.2, 0.25) is 0 Å². The third kappa shape index (κ3) is 1.43. The van der Waals surface area contributed by atoms with Crippen LogP contribution >= 0.6 is 0 Å². The number of nitrogens with one attached hydrogen (secondary N) is 1. The molecule has 0 radical (unpaired) electrons. The lowest BCUT2D eigenvalue weighted by Gasteiger charge is -2.23. The Bertz CT molecular complexity index is 437. The Morgan fingerprint density at radius 3 is 1.94 bits per heavy atom. The highest BCUT2D eigenvalue weighted by atomic mass is 16.2. The minimum Gasteiger partial charge on any atom is -0.275 e. The van der Waals surface area contributed by atoms with Gasteiger partial charge >= 0.3 is 6.03 Å². The van der Waals surface area contributed by atoms with Gasteiger partial charge in [0.05, 0.1) is 11.8 Å². The van der Waals surface area contributed by atoms with Gasteiger partial charge in [0.1, 0.15) is 6.54 Å². The first-order valence-electron chi connectivity index (χ1n) is 6.08. The molecule has 96 valence electrons. The first-order valence-corrected chi connectivity index (χ1v) is 6.08. The van der Waals surface area contributed by atoms with Gasteiger partial charge < -0.3 is 0 Å². The molecule has 2 aliphatic heterocycles. The van der Waals surface area contributed by atoms with Crippen LogP contribution in [0.5, 0.6) is 0 Å². The first kappa shape index (κ1) is 11.2. The Labute approximate surface area is 103 Å². The van der Waals surface area contributed by atoms with Crippen molar-refractivity contribution in [2.75, 3.05) is 6.54 Å².